The summed E-state index contributed by atoms with van der Waals surface area (Å²) in [7, 11) is 0. The van der Waals surface area contributed by atoms with Crippen LogP contribution in [0.4, 0.5) is 14.5 Å². The van der Waals surface area contributed by atoms with E-state index in [4.69, 9.17) is 11.6 Å². The Morgan fingerprint density at radius 2 is 1.80 bits per heavy atom. The number of hydrogen-bond donors (Lipinski definition) is 1. The van der Waals surface area contributed by atoms with E-state index in [2.05, 4.69) is 21.2 Å². The van der Waals surface area contributed by atoms with Gasteiger partial charge in [0.15, 0.2) is 11.6 Å². The molecule has 2 aromatic rings. The number of amides is 1. The minimum atomic E-state index is -0.851. The number of nitrogens with one attached hydrogen (secondary N) is 1. The van der Waals surface area contributed by atoms with Crippen molar-refractivity contribution < 1.29 is 13.6 Å². The number of anilines is 1. The Morgan fingerprint density at radius 1 is 1.20 bits per heavy atom. The first-order valence-corrected chi connectivity index (χ1v) is 6.77. The normalized spacial score (nSPS) is 10.4. The van der Waals surface area contributed by atoms with Crippen molar-refractivity contribution in [3.05, 3.63) is 62.6 Å². The highest BCUT2D eigenvalue weighted by Crippen LogP contribution is 2.24. The first-order valence-electron chi connectivity index (χ1n) is 5.60. The van der Waals surface area contributed by atoms with Crippen molar-refractivity contribution in [3.63, 3.8) is 0 Å². The third-order valence-corrected chi connectivity index (χ3v) is 3.55. The van der Waals surface area contributed by atoms with Crippen molar-refractivity contribution in [1.29, 1.82) is 0 Å². The number of carbonyl (C=O) groups is 1. The summed E-state index contributed by atoms with van der Waals surface area (Å²) < 4.78 is 27.5. The molecule has 2 nitrogen and oxygen atoms in total. The summed E-state index contributed by atoms with van der Waals surface area (Å²) in [5, 5.41) is 2.73. The van der Waals surface area contributed by atoms with Crippen LogP contribution in [-0.2, 0) is 0 Å². The Kier molecular flexibility index (Phi) is 4.40. The highest BCUT2D eigenvalue weighted by Gasteiger charge is 2.15. The molecular weight excluding hydrogens is 352 g/mol. The fourth-order valence-corrected chi connectivity index (χ4v) is 2.15. The van der Waals surface area contributed by atoms with Gasteiger partial charge >= 0.3 is 0 Å². The van der Waals surface area contributed by atoms with E-state index >= 15 is 0 Å². The van der Waals surface area contributed by atoms with Gasteiger partial charge in [-0.3, -0.25) is 4.79 Å². The summed E-state index contributed by atoms with van der Waals surface area (Å²) >= 11 is 8.82. The van der Waals surface area contributed by atoms with E-state index in [1.807, 2.05) is 0 Å². The van der Waals surface area contributed by atoms with Crippen LogP contribution >= 0.6 is 27.5 Å². The molecule has 0 aliphatic heterocycles. The number of benzene rings is 2. The van der Waals surface area contributed by atoms with Gasteiger partial charge in [-0.05, 0) is 42.8 Å². The molecule has 0 saturated heterocycles. The molecule has 0 aromatic heterocycles. The minimum Gasteiger partial charge on any atom is -0.317 e. The quantitative estimate of drug-likeness (QED) is 0.807. The maximum Gasteiger partial charge on any atom is 0.255 e. The van der Waals surface area contributed by atoms with Gasteiger partial charge in [0, 0.05) is 15.1 Å². The average molecular weight is 361 g/mol. The van der Waals surface area contributed by atoms with Crippen molar-refractivity contribution in [2.45, 2.75) is 6.92 Å². The van der Waals surface area contributed by atoms with Crippen LogP contribution in [0.1, 0.15) is 15.9 Å². The molecule has 0 radical (unpaired) electrons. The first kappa shape index (κ1) is 14.9. The Hall–Kier alpha value is -1.46. The molecular formula is C14H9BrClF2NO. The van der Waals surface area contributed by atoms with Crippen LogP contribution < -0.4 is 5.32 Å². The fraction of sp³-hybridized carbons (Fsp3) is 0.0714. The number of carbonyl (C=O) groups excluding carboxylic acids is 1. The Morgan fingerprint density at radius 3 is 2.35 bits per heavy atom. The van der Waals surface area contributed by atoms with Crippen molar-refractivity contribution in [3.8, 4) is 0 Å². The summed E-state index contributed by atoms with van der Waals surface area (Å²) in [6, 6.07) is 6.74. The number of aryl methyl sites for hydroxylation is 1. The smallest absolute Gasteiger partial charge is 0.255 e. The first-order chi connectivity index (χ1) is 9.38. The summed E-state index contributed by atoms with van der Waals surface area (Å²) in [6.45, 7) is 1.74. The molecule has 104 valence electrons. The molecule has 2 aromatic carbocycles. The third-order valence-electron chi connectivity index (χ3n) is 2.67. The van der Waals surface area contributed by atoms with Gasteiger partial charge in [-0.1, -0.05) is 27.5 Å². The van der Waals surface area contributed by atoms with Gasteiger partial charge in [0.25, 0.3) is 5.91 Å². The largest absolute Gasteiger partial charge is 0.317 e. The molecule has 0 aliphatic carbocycles. The fourth-order valence-electron chi connectivity index (χ4n) is 1.63. The Balaban J connectivity index is 2.30. The zero-order valence-electron chi connectivity index (χ0n) is 10.3. The molecule has 1 N–H and O–H groups in total. The predicted molar refractivity (Wildman–Crippen MR) is 78.2 cm³/mol. The SMILES string of the molecule is Cc1cc(C(=O)Nc2c(F)cc(Br)cc2F)ccc1Cl. The minimum absolute atomic E-state index is 0.257. The maximum absolute atomic E-state index is 13.6. The van der Waals surface area contributed by atoms with Crippen LogP contribution in [0.25, 0.3) is 0 Å². The second-order valence-corrected chi connectivity index (χ2v) is 5.49. The van der Waals surface area contributed by atoms with Gasteiger partial charge in [0.05, 0.1) is 0 Å². The van der Waals surface area contributed by atoms with Crippen molar-refractivity contribution in [2.75, 3.05) is 5.32 Å². The lowest BCUT2D eigenvalue weighted by molar-refractivity contribution is 0.102. The van der Waals surface area contributed by atoms with Crippen LogP contribution in [-0.4, -0.2) is 5.91 Å². The van der Waals surface area contributed by atoms with Gasteiger partial charge in [0.2, 0.25) is 0 Å². The number of hydrogen-bond acceptors (Lipinski definition) is 1. The second kappa shape index (κ2) is 5.89. The van der Waals surface area contributed by atoms with Gasteiger partial charge in [0.1, 0.15) is 5.69 Å². The molecule has 0 bridgehead atoms. The number of rotatable bonds is 2. The van der Waals surface area contributed by atoms with Crippen LogP contribution in [0.2, 0.25) is 5.02 Å². The van der Waals surface area contributed by atoms with E-state index in [0.717, 1.165) is 12.1 Å². The lowest BCUT2D eigenvalue weighted by Gasteiger charge is -2.09. The zero-order valence-corrected chi connectivity index (χ0v) is 12.6. The standard InChI is InChI=1S/C14H9BrClF2NO/c1-7-4-8(2-3-10(7)16)14(20)19-13-11(17)5-9(15)6-12(13)18/h2-6H,1H3,(H,19,20). The van der Waals surface area contributed by atoms with Gasteiger partial charge in [-0.25, -0.2) is 8.78 Å². The van der Waals surface area contributed by atoms with E-state index in [-0.39, 0.29) is 10.0 Å². The molecule has 6 heteroatoms. The third kappa shape index (κ3) is 3.16. The predicted octanol–water partition coefficient (Wildman–Crippen LogP) is 4.94. The van der Waals surface area contributed by atoms with E-state index in [9.17, 15) is 13.6 Å². The Labute approximate surface area is 127 Å². The molecule has 20 heavy (non-hydrogen) atoms. The average Bonchev–Trinajstić information content (AvgIpc) is 2.36. The highest BCUT2D eigenvalue weighted by molar-refractivity contribution is 9.10. The molecule has 0 atom stereocenters. The molecule has 0 unspecified atom stereocenters. The lowest BCUT2D eigenvalue weighted by atomic mass is 10.1. The van der Waals surface area contributed by atoms with E-state index in [1.54, 1.807) is 19.1 Å². The second-order valence-electron chi connectivity index (χ2n) is 4.16. The molecule has 0 heterocycles. The van der Waals surface area contributed by atoms with Crippen molar-refractivity contribution >= 4 is 39.1 Å². The van der Waals surface area contributed by atoms with Crippen LogP contribution in [0.3, 0.4) is 0 Å². The van der Waals surface area contributed by atoms with E-state index < -0.39 is 23.2 Å². The summed E-state index contributed by atoms with van der Waals surface area (Å²) in [5.41, 5.74) is 0.496. The van der Waals surface area contributed by atoms with Crippen molar-refractivity contribution in [1.82, 2.24) is 0 Å². The lowest BCUT2D eigenvalue weighted by Crippen LogP contribution is -2.14. The summed E-state index contributed by atoms with van der Waals surface area (Å²) in [6.07, 6.45) is 0. The molecule has 1 amide bonds. The summed E-state index contributed by atoms with van der Waals surface area (Å²) in [5.74, 6) is -2.31. The Bertz CT molecular complexity index is 668. The monoisotopic (exact) mass is 359 g/mol. The van der Waals surface area contributed by atoms with Crippen LogP contribution in [0, 0.1) is 18.6 Å². The molecule has 0 fully saturated rings. The van der Waals surface area contributed by atoms with E-state index in [0.29, 0.717) is 10.6 Å². The topological polar surface area (TPSA) is 29.1 Å². The maximum atomic E-state index is 13.6. The molecule has 0 aliphatic rings. The van der Waals surface area contributed by atoms with Gasteiger partial charge < -0.3 is 5.32 Å². The molecule has 0 saturated carbocycles. The molecule has 2 rings (SSSR count). The molecule has 0 spiro atoms. The highest BCUT2D eigenvalue weighted by atomic mass is 79.9. The van der Waals surface area contributed by atoms with E-state index in [1.165, 1.54) is 6.07 Å². The van der Waals surface area contributed by atoms with Crippen LogP contribution in [0.15, 0.2) is 34.8 Å². The number of halogens is 4. The van der Waals surface area contributed by atoms with Crippen molar-refractivity contribution in [2.24, 2.45) is 0 Å². The zero-order chi connectivity index (χ0) is 14.9. The van der Waals surface area contributed by atoms with Gasteiger partial charge in [-0.2, -0.15) is 0 Å². The van der Waals surface area contributed by atoms with Crippen LogP contribution in [0.5, 0.6) is 0 Å². The van der Waals surface area contributed by atoms with Gasteiger partial charge in [-0.15, -0.1) is 0 Å². The summed E-state index contributed by atoms with van der Waals surface area (Å²) in [4.78, 5) is 12.0.